The molecule has 106 valence electrons. The average molecular weight is 332 g/mol. The Balaban J connectivity index is 2.35. The molecule has 4 nitrogen and oxygen atoms in total. The van der Waals surface area contributed by atoms with Gasteiger partial charge in [0.2, 0.25) is 0 Å². The molecule has 0 atom stereocenters. The Hall–Kier alpha value is -1.43. The third kappa shape index (κ3) is 3.17. The molecule has 0 amide bonds. The summed E-state index contributed by atoms with van der Waals surface area (Å²) in [7, 11) is -2.32. The number of methoxy groups -OCH3 is 1. The number of sulfonamides is 1. The second-order valence-electron chi connectivity index (χ2n) is 3.88. The van der Waals surface area contributed by atoms with Crippen LogP contribution in [0, 0.1) is 0 Å². The van der Waals surface area contributed by atoms with Gasteiger partial charge in [-0.3, -0.25) is 4.72 Å². The number of hydrogen-bond acceptors (Lipinski definition) is 3. The Morgan fingerprint density at radius 1 is 1.00 bits per heavy atom. The molecule has 0 aliphatic rings. The average Bonchev–Trinajstić information content (AvgIpc) is 2.38. The van der Waals surface area contributed by atoms with Gasteiger partial charge in [-0.25, -0.2) is 8.42 Å². The summed E-state index contributed by atoms with van der Waals surface area (Å²) in [5.41, 5.74) is 0.391. The van der Waals surface area contributed by atoms with E-state index in [-0.39, 0.29) is 14.9 Å². The summed E-state index contributed by atoms with van der Waals surface area (Å²) in [6.45, 7) is 0. The first-order chi connectivity index (χ1) is 9.44. The molecule has 0 spiro atoms. The Labute approximate surface area is 127 Å². The number of halogens is 2. The number of nitrogens with one attached hydrogen (secondary N) is 1. The number of ether oxygens (including phenoxy) is 1. The van der Waals surface area contributed by atoms with E-state index in [1.807, 2.05) is 0 Å². The Morgan fingerprint density at radius 2 is 1.55 bits per heavy atom. The molecular weight excluding hydrogens is 321 g/mol. The fraction of sp³-hybridized carbons (Fsp3) is 0.0769. The van der Waals surface area contributed by atoms with Crippen molar-refractivity contribution in [2.45, 2.75) is 4.90 Å². The second kappa shape index (κ2) is 5.91. The molecule has 0 aliphatic carbocycles. The van der Waals surface area contributed by atoms with E-state index in [9.17, 15) is 8.42 Å². The third-order valence-corrected chi connectivity index (χ3v) is 4.87. The van der Waals surface area contributed by atoms with Gasteiger partial charge >= 0.3 is 0 Å². The Kier molecular flexibility index (Phi) is 4.42. The zero-order valence-corrected chi connectivity index (χ0v) is 12.8. The van der Waals surface area contributed by atoms with Crippen LogP contribution < -0.4 is 9.46 Å². The zero-order chi connectivity index (χ0) is 14.8. The van der Waals surface area contributed by atoms with Crippen molar-refractivity contribution in [2.75, 3.05) is 11.8 Å². The van der Waals surface area contributed by atoms with Crippen LogP contribution in [0.3, 0.4) is 0 Å². The molecular formula is C13H11Cl2NO3S. The maximum absolute atomic E-state index is 12.3. The van der Waals surface area contributed by atoms with Gasteiger partial charge < -0.3 is 4.74 Å². The summed E-state index contributed by atoms with van der Waals surface area (Å²) >= 11 is 11.8. The minimum absolute atomic E-state index is 0.0681. The van der Waals surface area contributed by atoms with Gasteiger partial charge in [-0.1, -0.05) is 29.3 Å². The molecule has 0 saturated carbocycles. The van der Waals surface area contributed by atoms with Crippen LogP contribution >= 0.6 is 23.2 Å². The van der Waals surface area contributed by atoms with Gasteiger partial charge in [-0.2, -0.15) is 0 Å². The van der Waals surface area contributed by atoms with Gasteiger partial charge in [-0.15, -0.1) is 0 Å². The summed E-state index contributed by atoms with van der Waals surface area (Å²) in [6, 6.07) is 11.0. The van der Waals surface area contributed by atoms with Crippen LogP contribution in [-0.4, -0.2) is 15.5 Å². The van der Waals surface area contributed by atoms with Crippen LogP contribution in [0.25, 0.3) is 0 Å². The first-order valence-corrected chi connectivity index (χ1v) is 7.79. The molecule has 0 radical (unpaired) electrons. The van der Waals surface area contributed by atoms with Crippen LogP contribution in [0.4, 0.5) is 5.69 Å². The summed E-state index contributed by atoms with van der Waals surface area (Å²) < 4.78 is 32.0. The minimum Gasteiger partial charge on any atom is -0.497 e. The molecule has 0 saturated heterocycles. The number of hydrogen-bond donors (Lipinski definition) is 1. The van der Waals surface area contributed by atoms with E-state index in [0.29, 0.717) is 11.4 Å². The molecule has 2 aromatic carbocycles. The summed E-state index contributed by atoms with van der Waals surface area (Å²) in [6.07, 6.45) is 0. The number of benzene rings is 2. The van der Waals surface area contributed by atoms with Crippen LogP contribution in [-0.2, 0) is 10.0 Å². The van der Waals surface area contributed by atoms with Crippen molar-refractivity contribution in [1.29, 1.82) is 0 Å². The highest BCUT2D eigenvalue weighted by atomic mass is 35.5. The molecule has 1 N–H and O–H groups in total. The predicted octanol–water partition coefficient (Wildman–Crippen LogP) is 3.80. The van der Waals surface area contributed by atoms with E-state index in [0.717, 1.165) is 0 Å². The minimum atomic E-state index is -3.85. The Morgan fingerprint density at radius 3 is 2.05 bits per heavy atom. The first kappa shape index (κ1) is 15.0. The lowest BCUT2D eigenvalue weighted by molar-refractivity contribution is 0.415. The summed E-state index contributed by atoms with van der Waals surface area (Å²) in [4.78, 5) is -0.140. The van der Waals surface area contributed by atoms with Crippen molar-refractivity contribution in [3.05, 3.63) is 52.5 Å². The highest BCUT2D eigenvalue weighted by Crippen LogP contribution is 2.30. The molecule has 0 aromatic heterocycles. The van der Waals surface area contributed by atoms with Gasteiger partial charge in [-0.05, 0) is 36.4 Å². The maximum atomic E-state index is 12.3. The van der Waals surface area contributed by atoms with Gasteiger partial charge in [0.05, 0.1) is 17.2 Å². The van der Waals surface area contributed by atoms with E-state index in [2.05, 4.69) is 4.72 Å². The lowest BCUT2D eigenvalue weighted by Gasteiger charge is -2.11. The van der Waals surface area contributed by atoms with E-state index in [1.54, 1.807) is 30.3 Å². The molecule has 0 heterocycles. The molecule has 0 fully saturated rings. The van der Waals surface area contributed by atoms with Crippen molar-refractivity contribution in [1.82, 2.24) is 0 Å². The van der Waals surface area contributed by atoms with E-state index in [4.69, 9.17) is 27.9 Å². The SMILES string of the molecule is COc1ccc(NS(=O)(=O)c2c(Cl)cccc2Cl)cc1. The molecule has 2 aromatic rings. The normalized spacial score (nSPS) is 11.2. The molecule has 2 rings (SSSR count). The van der Waals surface area contributed by atoms with Crippen molar-refractivity contribution in [3.8, 4) is 5.75 Å². The van der Waals surface area contributed by atoms with Crippen molar-refractivity contribution < 1.29 is 13.2 Å². The van der Waals surface area contributed by atoms with Gasteiger partial charge in [0.25, 0.3) is 10.0 Å². The fourth-order valence-electron chi connectivity index (χ4n) is 1.60. The van der Waals surface area contributed by atoms with Crippen molar-refractivity contribution >= 4 is 38.9 Å². The lowest BCUT2D eigenvalue weighted by atomic mass is 10.3. The smallest absolute Gasteiger partial charge is 0.264 e. The van der Waals surface area contributed by atoms with Crippen LogP contribution in [0.1, 0.15) is 0 Å². The van der Waals surface area contributed by atoms with E-state index in [1.165, 1.54) is 19.2 Å². The Bertz CT molecular complexity index is 695. The lowest BCUT2D eigenvalue weighted by Crippen LogP contribution is -2.14. The predicted molar refractivity (Wildman–Crippen MR) is 80.3 cm³/mol. The fourth-order valence-corrected chi connectivity index (χ4v) is 3.81. The monoisotopic (exact) mass is 331 g/mol. The number of rotatable bonds is 4. The molecule has 0 aliphatic heterocycles. The van der Waals surface area contributed by atoms with Gasteiger partial charge in [0.1, 0.15) is 10.6 Å². The quantitative estimate of drug-likeness (QED) is 0.926. The van der Waals surface area contributed by atoms with E-state index < -0.39 is 10.0 Å². The van der Waals surface area contributed by atoms with Gasteiger partial charge in [0.15, 0.2) is 0 Å². The highest BCUT2D eigenvalue weighted by Gasteiger charge is 2.21. The standard InChI is InChI=1S/C13H11Cl2NO3S/c1-19-10-7-5-9(6-8-10)16-20(17,18)13-11(14)3-2-4-12(13)15/h2-8,16H,1H3. The molecule has 20 heavy (non-hydrogen) atoms. The largest absolute Gasteiger partial charge is 0.497 e. The second-order valence-corrected chi connectivity index (χ2v) is 6.32. The molecule has 7 heteroatoms. The van der Waals surface area contributed by atoms with Crippen molar-refractivity contribution in [2.24, 2.45) is 0 Å². The van der Waals surface area contributed by atoms with Crippen LogP contribution in [0.2, 0.25) is 10.0 Å². The topological polar surface area (TPSA) is 55.4 Å². The number of anilines is 1. The highest BCUT2D eigenvalue weighted by molar-refractivity contribution is 7.93. The van der Waals surface area contributed by atoms with E-state index >= 15 is 0 Å². The van der Waals surface area contributed by atoms with Gasteiger partial charge in [0, 0.05) is 5.69 Å². The molecule has 0 unspecified atom stereocenters. The van der Waals surface area contributed by atoms with Crippen LogP contribution in [0.15, 0.2) is 47.4 Å². The summed E-state index contributed by atoms with van der Waals surface area (Å²) in [5, 5.41) is 0.136. The summed E-state index contributed by atoms with van der Waals surface area (Å²) in [5.74, 6) is 0.628. The van der Waals surface area contributed by atoms with Crippen molar-refractivity contribution in [3.63, 3.8) is 0 Å². The zero-order valence-electron chi connectivity index (χ0n) is 10.4. The third-order valence-electron chi connectivity index (χ3n) is 2.53. The molecule has 0 bridgehead atoms. The first-order valence-electron chi connectivity index (χ1n) is 5.55. The maximum Gasteiger partial charge on any atom is 0.264 e. The van der Waals surface area contributed by atoms with Crippen LogP contribution in [0.5, 0.6) is 5.75 Å².